The molecule has 1 heterocycles. The highest BCUT2D eigenvalue weighted by Gasteiger charge is 2.39. The molecule has 4 aromatic rings. The standard InChI is InChI=1S/C25H21FN2O4/c1-32-24-19-8-5-13-27-22(19)23(30)20(15-29)21(24)25(31,17-6-3-2-4-7-17)28-14-16-9-11-18(26)12-10-16/h2-13,15,28,30-31H,14H2,1H3. The van der Waals surface area contributed by atoms with Gasteiger partial charge >= 0.3 is 0 Å². The van der Waals surface area contributed by atoms with E-state index in [4.69, 9.17) is 4.74 Å². The largest absolute Gasteiger partial charge is 0.505 e. The second-order valence-corrected chi connectivity index (χ2v) is 7.24. The topological polar surface area (TPSA) is 91.7 Å². The predicted octanol–water partition coefficient (Wildman–Crippen LogP) is 3.88. The number of carbonyl (C=O) groups excluding carboxylic acids is 1. The molecule has 0 bridgehead atoms. The Bertz CT molecular complexity index is 1260. The number of ether oxygens (including phenoxy) is 1. The minimum absolute atomic E-state index is 0.0568. The van der Waals surface area contributed by atoms with Gasteiger partial charge in [-0.1, -0.05) is 42.5 Å². The molecule has 0 aliphatic heterocycles. The zero-order valence-electron chi connectivity index (χ0n) is 17.2. The van der Waals surface area contributed by atoms with Crippen molar-refractivity contribution in [2.24, 2.45) is 0 Å². The average Bonchev–Trinajstić information content (AvgIpc) is 2.84. The van der Waals surface area contributed by atoms with Gasteiger partial charge in [0.25, 0.3) is 0 Å². The summed E-state index contributed by atoms with van der Waals surface area (Å²) in [4.78, 5) is 16.3. The summed E-state index contributed by atoms with van der Waals surface area (Å²) >= 11 is 0. The molecule has 32 heavy (non-hydrogen) atoms. The molecule has 0 aliphatic carbocycles. The Morgan fingerprint density at radius 1 is 1.09 bits per heavy atom. The van der Waals surface area contributed by atoms with Crippen LogP contribution < -0.4 is 10.1 Å². The Hall–Kier alpha value is -3.81. The van der Waals surface area contributed by atoms with Crippen LogP contribution in [0.5, 0.6) is 11.5 Å². The number of phenols is 1. The molecule has 162 valence electrons. The summed E-state index contributed by atoms with van der Waals surface area (Å²) in [7, 11) is 1.42. The Morgan fingerprint density at radius 3 is 2.47 bits per heavy atom. The van der Waals surface area contributed by atoms with Crippen molar-refractivity contribution in [3.8, 4) is 11.5 Å². The number of pyridine rings is 1. The zero-order valence-corrected chi connectivity index (χ0v) is 17.2. The number of aldehydes is 1. The zero-order chi connectivity index (χ0) is 22.7. The van der Waals surface area contributed by atoms with Crippen molar-refractivity contribution in [2.75, 3.05) is 7.11 Å². The summed E-state index contributed by atoms with van der Waals surface area (Å²) in [6.45, 7) is 0.138. The number of halogens is 1. The number of benzene rings is 3. The van der Waals surface area contributed by atoms with Crippen LogP contribution >= 0.6 is 0 Å². The SMILES string of the molecule is COc1c(C(O)(NCc2ccc(F)cc2)c2ccccc2)c(C=O)c(O)c2ncccc12. The lowest BCUT2D eigenvalue weighted by Crippen LogP contribution is -2.44. The van der Waals surface area contributed by atoms with Gasteiger partial charge in [-0.2, -0.15) is 0 Å². The number of nitrogens with one attached hydrogen (secondary N) is 1. The molecule has 4 rings (SSSR count). The fraction of sp³-hybridized carbons (Fsp3) is 0.120. The molecular formula is C25H21FN2O4. The molecule has 1 atom stereocenters. The summed E-state index contributed by atoms with van der Waals surface area (Å²) in [6.07, 6.45) is 1.96. The maximum atomic E-state index is 13.3. The van der Waals surface area contributed by atoms with Crippen molar-refractivity contribution in [2.45, 2.75) is 12.3 Å². The van der Waals surface area contributed by atoms with Gasteiger partial charge in [-0.25, -0.2) is 4.39 Å². The highest BCUT2D eigenvalue weighted by molar-refractivity contribution is 6.00. The van der Waals surface area contributed by atoms with Crippen LogP contribution in [0.15, 0.2) is 72.9 Å². The van der Waals surface area contributed by atoms with Gasteiger partial charge in [0.05, 0.1) is 18.2 Å². The van der Waals surface area contributed by atoms with Crippen molar-refractivity contribution < 1.29 is 24.1 Å². The third-order valence-electron chi connectivity index (χ3n) is 5.37. The second kappa shape index (κ2) is 8.74. The number of hydrogen-bond donors (Lipinski definition) is 3. The summed E-state index contributed by atoms with van der Waals surface area (Å²) < 4.78 is 19.0. The molecule has 7 heteroatoms. The first kappa shape index (κ1) is 21.4. The molecular weight excluding hydrogens is 411 g/mol. The Balaban J connectivity index is 1.97. The highest BCUT2D eigenvalue weighted by atomic mass is 19.1. The number of aromatic hydroxyl groups is 1. The number of aromatic nitrogens is 1. The van der Waals surface area contributed by atoms with Gasteiger partial charge < -0.3 is 14.9 Å². The van der Waals surface area contributed by atoms with E-state index in [2.05, 4.69) is 10.3 Å². The molecule has 0 spiro atoms. The Kier molecular flexibility index (Phi) is 5.85. The van der Waals surface area contributed by atoms with E-state index in [1.165, 1.54) is 25.4 Å². The van der Waals surface area contributed by atoms with Gasteiger partial charge in [-0.05, 0) is 29.8 Å². The van der Waals surface area contributed by atoms with E-state index in [-0.39, 0.29) is 40.5 Å². The predicted molar refractivity (Wildman–Crippen MR) is 118 cm³/mol. The van der Waals surface area contributed by atoms with Gasteiger partial charge in [0.2, 0.25) is 0 Å². The van der Waals surface area contributed by atoms with E-state index >= 15 is 0 Å². The molecule has 6 nitrogen and oxygen atoms in total. The number of rotatable bonds is 7. The first-order valence-corrected chi connectivity index (χ1v) is 9.90. The summed E-state index contributed by atoms with van der Waals surface area (Å²) in [5.74, 6) is -0.528. The highest BCUT2D eigenvalue weighted by Crippen LogP contribution is 2.44. The van der Waals surface area contributed by atoms with Crippen LogP contribution in [0.1, 0.15) is 27.0 Å². The van der Waals surface area contributed by atoms with E-state index < -0.39 is 5.72 Å². The molecule has 0 fully saturated rings. The van der Waals surface area contributed by atoms with Gasteiger partial charge in [0.1, 0.15) is 17.1 Å². The van der Waals surface area contributed by atoms with E-state index in [0.29, 0.717) is 22.8 Å². The molecule has 1 unspecified atom stereocenters. The Labute approximate surface area is 183 Å². The van der Waals surface area contributed by atoms with Crippen LogP contribution in [-0.4, -0.2) is 28.6 Å². The monoisotopic (exact) mass is 432 g/mol. The van der Waals surface area contributed by atoms with E-state index in [0.717, 1.165) is 0 Å². The molecule has 1 aromatic heterocycles. The van der Waals surface area contributed by atoms with Gasteiger partial charge in [0, 0.05) is 23.7 Å². The van der Waals surface area contributed by atoms with Gasteiger partial charge in [-0.15, -0.1) is 0 Å². The summed E-state index contributed by atoms with van der Waals surface area (Å²) in [5, 5.41) is 26.4. The number of hydrogen-bond acceptors (Lipinski definition) is 6. The van der Waals surface area contributed by atoms with Crippen molar-refractivity contribution >= 4 is 17.2 Å². The van der Waals surface area contributed by atoms with Crippen LogP contribution in [0, 0.1) is 5.82 Å². The molecule has 0 saturated heterocycles. The molecule has 3 N–H and O–H groups in total. The van der Waals surface area contributed by atoms with E-state index in [9.17, 15) is 19.4 Å². The smallest absolute Gasteiger partial charge is 0.173 e. The molecule has 0 amide bonds. The lowest BCUT2D eigenvalue weighted by Gasteiger charge is -2.33. The number of nitrogens with zero attached hydrogens (tertiary/aromatic N) is 1. The van der Waals surface area contributed by atoms with Gasteiger partial charge in [0.15, 0.2) is 17.8 Å². The molecule has 3 aromatic carbocycles. The number of carbonyl (C=O) groups is 1. The van der Waals surface area contributed by atoms with E-state index in [1.807, 2.05) is 0 Å². The second-order valence-electron chi connectivity index (χ2n) is 7.24. The number of phenolic OH excluding ortho intramolecular Hbond substituents is 1. The number of methoxy groups -OCH3 is 1. The van der Waals surface area contributed by atoms with Crippen LogP contribution in [0.2, 0.25) is 0 Å². The fourth-order valence-corrected chi connectivity index (χ4v) is 3.81. The third-order valence-corrected chi connectivity index (χ3v) is 5.37. The van der Waals surface area contributed by atoms with Crippen LogP contribution in [-0.2, 0) is 12.3 Å². The maximum absolute atomic E-state index is 13.3. The van der Waals surface area contributed by atoms with E-state index in [1.54, 1.807) is 54.6 Å². The summed E-state index contributed by atoms with van der Waals surface area (Å²) in [5.41, 5.74) is -0.708. The number of aliphatic hydroxyl groups is 1. The van der Waals surface area contributed by atoms with Crippen molar-refractivity contribution in [3.63, 3.8) is 0 Å². The van der Waals surface area contributed by atoms with Crippen molar-refractivity contribution in [1.82, 2.24) is 10.3 Å². The maximum Gasteiger partial charge on any atom is 0.173 e. The van der Waals surface area contributed by atoms with Crippen LogP contribution in [0.3, 0.4) is 0 Å². The first-order chi connectivity index (χ1) is 15.5. The van der Waals surface area contributed by atoms with Gasteiger partial charge in [-0.3, -0.25) is 15.1 Å². The quantitative estimate of drug-likeness (QED) is 0.303. The molecule has 0 aliphatic rings. The first-order valence-electron chi connectivity index (χ1n) is 9.90. The minimum Gasteiger partial charge on any atom is -0.505 e. The average molecular weight is 432 g/mol. The summed E-state index contributed by atoms with van der Waals surface area (Å²) in [6, 6.07) is 17.8. The fourth-order valence-electron chi connectivity index (χ4n) is 3.81. The lowest BCUT2D eigenvalue weighted by atomic mass is 9.87. The van der Waals surface area contributed by atoms with Crippen molar-refractivity contribution in [3.05, 3.63) is 101 Å². The van der Waals surface area contributed by atoms with Crippen LogP contribution in [0.25, 0.3) is 10.9 Å². The minimum atomic E-state index is -1.93. The third kappa shape index (κ3) is 3.68. The number of fused-ring (bicyclic) bond motifs is 1. The lowest BCUT2D eigenvalue weighted by molar-refractivity contribution is 0.0376. The molecule has 0 radical (unpaired) electrons. The normalized spacial score (nSPS) is 13.0. The van der Waals surface area contributed by atoms with Crippen molar-refractivity contribution in [1.29, 1.82) is 0 Å². The van der Waals surface area contributed by atoms with Crippen LogP contribution in [0.4, 0.5) is 4.39 Å². The molecule has 0 saturated carbocycles. The Morgan fingerprint density at radius 2 is 1.81 bits per heavy atom.